The van der Waals surface area contributed by atoms with Crippen molar-refractivity contribution in [3.05, 3.63) is 307 Å². The standard InChI is InChI=1S/C97H83N9/c1-94(2,3)66-37-45-83-74(53-66)75-54-67(95(4,5)6)38-46-84(75)104(83)91-72(64-33-41-79-81(50-64)100-82-49-62(60-25-17-13-18-26-60)35-43-87(82)102(59-99-79)70-29-21-15-22-30-70)57-73(92(78(91)58-98)105-85-47-39-68(96(7,8)9)55-76(85)77-56-69(97(10,11)12)40-48-86(77)105)65-34-42-80-89(52-65)106-90-51-63(61-27-19-14-20-28-61)36-44-88(90)103(93(106)101-80)71-31-23-16-24-32-71/h13-57,59,100H,1-12H3. The number of imidazole rings is 2. The second-order valence-corrected chi connectivity index (χ2v) is 32.9. The highest BCUT2D eigenvalue weighted by atomic mass is 15.2. The molecule has 0 amide bonds. The lowest BCUT2D eigenvalue weighted by Gasteiger charge is -2.24. The summed E-state index contributed by atoms with van der Waals surface area (Å²) in [7, 11) is 0. The zero-order valence-electron chi connectivity index (χ0n) is 62.1. The van der Waals surface area contributed by atoms with Crippen LogP contribution in [0.25, 0.3) is 161 Å². The first-order chi connectivity index (χ1) is 51.0. The molecule has 106 heavy (non-hydrogen) atoms. The average Bonchev–Trinajstić information content (AvgIpc) is 1.50. The highest BCUT2D eigenvalue weighted by Crippen LogP contribution is 2.49. The van der Waals surface area contributed by atoms with Crippen LogP contribution in [0.4, 0.5) is 0 Å². The van der Waals surface area contributed by atoms with Crippen LogP contribution >= 0.6 is 0 Å². The van der Waals surface area contributed by atoms with Gasteiger partial charge >= 0.3 is 0 Å². The summed E-state index contributed by atoms with van der Waals surface area (Å²) < 4.78 is 11.6. The van der Waals surface area contributed by atoms with Gasteiger partial charge in [0.25, 0.3) is 0 Å². The zero-order valence-corrected chi connectivity index (χ0v) is 62.1. The van der Waals surface area contributed by atoms with E-state index in [1.165, 1.54) is 22.3 Å². The lowest BCUT2D eigenvalue weighted by Crippen LogP contribution is -2.11. The maximum absolute atomic E-state index is 13.2. The Morgan fingerprint density at radius 2 is 0.717 bits per heavy atom. The van der Waals surface area contributed by atoms with Crippen LogP contribution in [0.1, 0.15) is 111 Å². The highest BCUT2D eigenvalue weighted by Gasteiger charge is 2.32. The van der Waals surface area contributed by atoms with Gasteiger partial charge in [-0.2, -0.15) is 5.26 Å². The van der Waals surface area contributed by atoms with Crippen molar-refractivity contribution in [3.63, 3.8) is 0 Å². The van der Waals surface area contributed by atoms with Gasteiger partial charge in [-0.15, -0.1) is 0 Å². The van der Waals surface area contributed by atoms with Crippen LogP contribution in [0.3, 0.4) is 0 Å². The van der Waals surface area contributed by atoms with Crippen LogP contribution in [0, 0.1) is 11.3 Å². The molecule has 5 heterocycles. The molecule has 0 saturated heterocycles. The molecule has 0 fully saturated rings. The molecule has 0 radical (unpaired) electrons. The van der Waals surface area contributed by atoms with Gasteiger partial charge in [-0.05, 0) is 205 Å². The number of para-hydroxylation sites is 2. The van der Waals surface area contributed by atoms with Gasteiger partial charge in [0.2, 0.25) is 5.78 Å². The second-order valence-electron chi connectivity index (χ2n) is 32.9. The maximum atomic E-state index is 13.2. The molecule has 0 unspecified atom stereocenters. The van der Waals surface area contributed by atoms with Crippen molar-refractivity contribution in [3.8, 4) is 73.3 Å². The predicted molar refractivity (Wildman–Crippen MR) is 444 cm³/mol. The molecule has 1 N–H and O–H groups in total. The Morgan fingerprint density at radius 1 is 0.321 bits per heavy atom. The fourth-order valence-electron chi connectivity index (χ4n) is 16.0. The lowest BCUT2D eigenvalue weighted by atomic mass is 9.85. The molecular formula is C97H83N9. The van der Waals surface area contributed by atoms with E-state index in [0.717, 1.165) is 161 Å². The van der Waals surface area contributed by atoms with Gasteiger partial charge in [0, 0.05) is 44.0 Å². The number of fused-ring (bicyclic) bond motifs is 13. The number of aromatic nitrogens is 8. The molecular weight excluding hydrogens is 1290 g/mol. The first-order valence-electron chi connectivity index (χ1n) is 36.9. The van der Waals surface area contributed by atoms with Crippen LogP contribution in [0.2, 0.25) is 0 Å². The van der Waals surface area contributed by atoms with E-state index in [2.05, 4.69) is 384 Å². The van der Waals surface area contributed by atoms with Crippen molar-refractivity contribution in [2.45, 2.75) is 105 Å². The van der Waals surface area contributed by atoms with Gasteiger partial charge in [-0.1, -0.05) is 229 Å². The molecule has 0 aliphatic carbocycles. The third kappa shape index (κ3) is 10.9. The number of hydrogen-bond donors (Lipinski definition) is 1. The Labute approximate surface area is 617 Å². The maximum Gasteiger partial charge on any atom is 0.220 e. The van der Waals surface area contributed by atoms with Crippen LogP contribution in [0.15, 0.2) is 279 Å². The Balaban J connectivity index is 1.02. The topological polar surface area (TPSA) is 89.5 Å². The summed E-state index contributed by atoms with van der Waals surface area (Å²) in [6, 6.07) is 102. The summed E-state index contributed by atoms with van der Waals surface area (Å²) in [5, 5.41) is 17.7. The second kappa shape index (κ2) is 24.3. The minimum Gasteiger partial charge on any atom is -0.352 e. The van der Waals surface area contributed by atoms with Gasteiger partial charge in [-0.25, -0.2) is 9.97 Å². The number of nitriles is 1. The van der Waals surface area contributed by atoms with Crippen molar-refractivity contribution < 1.29 is 0 Å². The van der Waals surface area contributed by atoms with Gasteiger partial charge in [-0.3, -0.25) is 13.5 Å². The molecule has 0 aliphatic rings. The Kier molecular flexibility index (Phi) is 15.0. The van der Waals surface area contributed by atoms with E-state index in [-0.39, 0.29) is 21.7 Å². The molecule has 18 rings (SSSR count). The minimum atomic E-state index is -0.157. The molecule has 516 valence electrons. The molecule has 9 nitrogen and oxygen atoms in total. The number of aromatic amines is 1. The van der Waals surface area contributed by atoms with Crippen LogP contribution in [-0.2, 0) is 21.7 Å². The molecule has 5 aromatic heterocycles. The Hall–Kier alpha value is -12.5. The van der Waals surface area contributed by atoms with Crippen molar-refractivity contribution >= 4 is 93.5 Å². The quantitative estimate of drug-likeness (QED) is 0.164. The molecule has 0 aliphatic heterocycles. The highest BCUT2D eigenvalue weighted by molar-refractivity contribution is 6.14. The van der Waals surface area contributed by atoms with E-state index in [1.54, 1.807) is 0 Å². The number of benzene rings is 13. The van der Waals surface area contributed by atoms with Crippen LogP contribution < -0.4 is 0 Å². The Bertz CT molecular complexity index is 6570. The number of nitrogens with one attached hydrogen (secondary N) is 1. The van der Waals surface area contributed by atoms with E-state index in [1.807, 2.05) is 12.4 Å². The number of H-pyrrole nitrogens is 1. The molecule has 18 aromatic rings. The third-order valence-electron chi connectivity index (χ3n) is 21.8. The summed E-state index contributed by atoms with van der Waals surface area (Å²) in [5.74, 6) is 0.801. The van der Waals surface area contributed by atoms with Crippen molar-refractivity contribution in [2.75, 3.05) is 0 Å². The smallest absolute Gasteiger partial charge is 0.220 e. The summed E-state index contributed by atoms with van der Waals surface area (Å²) in [5.41, 5.74) is 27.6. The van der Waals surface area contributed by atoms with Crippen LogP contribution in [0.5, 0.6) is 0 Å². The van der Waals surface area contributed by atoms with E-state index >= 15 is 0 Å². The number of rotatable bonds is 8. The fourth-order valence-corrected chi connectivity index (χ4v) is 16.0. The molecule has 9 heteroatoms. The first-order valence-corrected chi connectivity index (χ1v) is 36.9. The van der Waals surface area contributed by atoms with Crippen molar-refractivity contribution in [1.82, 2.24) is 37.6 Å². The fraction of sp³-hybridized carbons (Fsp3) is 0.165. The van der Waals surface area contributed by atoms with E-state index in [0.29, 0.717) is 5.56 Å². The largest absolute Gasteiger partial charge is 0.352 e. The molecule has 0 bridgehead atoms. The lowest BCUT2D eigenvalue weighted by molar-refractivity contribution is 0.590. The van der Waals surface area contributed by atoms with Gasteiger partial charge < -0.3 is 14.1 Å². The van der Waals surface area contributed by atoms with Gasteiger partial charge in [0.15, 0.2) is 0 Å². The minimum absolute atomic E-state index is 0.156. The number of hydrogen-bond acceptors (Lipinski definition) is 3. The molecule has 13 aromatic carbocycles. The molecule has 0 spiro atoms. The van der Waals surface area contributed by atoms with E-state index in [9.17, 15) is 5.26 Å². The van der Waals surface area contributed by atoms with Crippen molar-refractivity contribution in [1.29, 1.82) is 5.26 Å². The van der Waals surface area contributed by atoms with E-state index < -0.39 is 0 Å². The predicted octanol–water partition coefficient (Wildman–Crippen LogP) is 25.3. The number of nitrogens with zero attached hydrogens (tertiary/aromatic N) is 8. The SMILES string of the molecule is CC(C)(C)c1ccc2c(c1)c1cc(C(C)(C)C)ccc1n2-c1c(-c2ccc3ncn(-c4ccccc4)c4ccc(-c5ccccc5)cc4[nH]c3c2)cc(-c2ccc3nc4n(-c5ccccc5)c5ccc(-c6ccccc6)cc5n4c3c2)c(-n2c3ccc(C(C)(C)C)cc3c3cc(C(C)(C)C)ccc32)c1C#N. The third-order valence-corrected chi connectivity index (χ3v) is 21.8. The first kappa shape index (κ1) is 65.5. The van der Waals surface area contributed by atoms with Crippen LogP contribution in [-0.4, -0.2) is 37.6 Å². The summed E-state index contributed by atoms with van der Waals surface area (Å²) >= 11 is 0. The van der Waals surface area contributed by atoms with Gasteiger partial charge in [0.05, 0.1) is 77.6 Å². The summed E-state index contributed by atoms with van der Waals surface area (Å²) in [6.07, 6.45) is 1.95. The summed E-state index contributed by atoms with van der Waals surface area (Å²) in [6.45, 7) is 27.5. The van der Waals surface area contributed by atoms with Crippen molar-refractivity contribution in [2.24, 2.45) is 0 Å². The average molecular weight is 1370 g/mol. The zero-order chi connectivity index (χ0) is 72.9. The summed E-state index contributed by atoms with van der Waals surface area (Å²) in [4.78, 5) is 15.0. The molecule has 0 atom stereocenters. The van der Waals surface area contributed by atoms with Gasteiger partial charge in [0.1, 0.15) is 18.0 Å². The normalized spacial score (nSPS) is 12.5. The molecule has 0 saturated carbocycles. The monoisotopic (exact) mass is 1370 g/mol. The Morgan fingerprint density at radius 3 is 1.19 bits per heavy atom. The van der Waals surface area contributed by atoms with E-state index in [4.69, 9.17) is 9.97 Å².